The predicted octanol–water partition coefficient (Wildman–Crippen LogP) is 5.47. The minimum Gasteiger partial charge on any atom is -0.462 e. The number of thiocarbonyl (C=S) groups is 1. The minimum atomic E-state index is -0.272. The lowest BCUT2D eigenvalue weighted by Gasteiger charge is -2.13. The highest BCUT2D eigenvalue weighted by Gasteiger charge is 2.26. The van der Waals surface area contributed by atoms with Crippen LogP contribution < -0.4 is 10.6 Å². The fraction of sp³-hybridized carbons (Fsp3) is 0.375. The van der Waals surface area contributed by atoms with Crippen LogP contribution in [0.4, 0.5) is 10.7 Å². The van der Waals surface area contributed by atoms with E-state index in [0.29, 0.717) is 17.3 Å². The van der Waals surface area contributed by atoms with Crippen LogP contribution in [0.2, 0.25) is 0 Å². The lowest BCUT2D eigenvalue weighted by Crippen LogP contribution is -2.20. The number of rotatable bonds is 6. The number of nitrogens with zero attached hydrogens (tertiary/aromatic N) is 2. The van der Waals surface area contributed by atoms with Gasteiger partial charge in [-0.1, -0.05) is 12.1 Å². The summed E-state index contributed by atoms with van der Waals surface area (Å²) in [5.41, 5.74) is 5.99. The van der Waals surface area contributed by atoms with Gasteiger partial charge in [0.15, 0.2) is 5.11 Å². The third-order valence-corrected chi connectivity index (χ3v) is 6.94. The van der Waals surface area contributed by atoms with Gasteiger partial charge in [-0.25, -0.2) is 4.79 Å². The van der Waals surface area contributed by atoms with Crippen molar-refractivity contribution in [2.24, 2.45) is 0 Å². The summed E-state index contributed by atoms with van der Waals surface area (Å²) in [6.45, 7) is 6.98. The molecule has 0 saturated heterocycles. The number of thiophene rings is 1. The molecule has 168 valence electrons. The van der Waals surface area contributed by atoms with Crippen LogP contribution >= 0.6 is 23.6 Å². The molecule has 0 unspecified atom stereocenters. The van der Waals surface area contributed by atoms with Crippen LogP contribution in [-0.2, 0) is 24.1 Å². The molecule has 2 N–H and O–H groups in total. The van der Waals surface area contributed by atoms with Gasteiger partial charge in [0, 0.05) is 16.3 Å². The molecule has 0 bridgehead atoms. The van der Waals surface area contributed by atoms with Gasteiger partial charge in [0.2, 0.25) is 0 Å². The Morgan fingerprint density at radius 1 is 1.19 bits per heavy atom. The van der Waals surface area contributed by atoms with E-state index in [2.05, 4.69) is 40.9 Å². The van der Waals surface area contributed by atoms with Crippen LogP contribution in [0.25, 0.3) is 0 Å². The van der Waals surface area contributed by atoms with Gasteiger partial charge in [-0.2, -0.15) is 5.10 Å². The van der Waals surface area contributed by atoms with Gasteiger partial charge in [-0.05, 0) is 88.0 Å². The van der Waals surface area contributed by atoms with E-state index in [4.69, 9.17) is 17.0 Å². The van der Waals surface area contributed by atoms with Crippen molar-refractivity contribution in [3.8, 4) is 0 Å². The van der Waals surface area contributed by atoms with Gasteiger partial charge in [0.25, 0.3) is 0 Å². The van der Waals surface area contributed by atoms with Crippen molar-refractivity contribution in [1.29, 1.82) is 0 Å². The molecule has 2 heterocycles. The number of esters is 1. The summed E-state index contributed by atoms with van der Waals surface area (Å²) in [4.78, 5) is 13.9. The lowest BCUT2D eigenvalue weighted by molar-refractivity contribution is 0.0526. The molecule has 0 saturated carbocycles. The largest absolute Gasteiger partial charge is 0.462 e. The zero-order valence-corrected chi connectivity index (χ0v) is 20.3. The van der Waals surface area contributed by atoms with Crippen molar-refractivity contribution in [2.45, 2.75) is 53.0 Å². The Hall–Kier alpha value is -2.71. The molecule has 0 fully saturated rings. The second-order valence-corrected chi connectivity index (χ2v) is 9.51. The Labute approximate surface area is 198 Å². The zero-order valence-electron chi connectivity index (χ0n) is 18.7. The first kappa shape index (κ1) is 22.5. The molecule has 4 rings (SSSR count). The SMILES string of the molecule is CCOC(=O)c1c(NC(=S)Nc2ccc(Cn3nc(C)cc3C)cc2)sc2c1CCCC2. The molecule has 2 aromatic heterocycles. The van der Waals surface area contributed by atoms with E-state index < -0.39 is 0 Å². The normalized spacial score (nSPS) is 12.8. The number of hydrogen-bond acceptors (Lipinski definition) is 5. The van der Waals surface area contributed by atoms with E-state index in [1.54, 1.807) is 11.3 Å². The van der Waals surface area contributed by atoms with Crippen LogP contribution in [-0.4, -0.2) is 27.5 Å². The number of anilines is 2. The van der Waals surface area contributed by atoms with E-state index >= 15 is 0 Å². The molecule has 6 nitrogen and oxygen atoms in total. The smallest absolute Gasteiger partial charge is 0.341 e. The van der Waals surface area contributed by atoms with Crippen LogP contribution in [0.1, 0.15) is 57.5 Å². The third kappa shape index (κ3) is 5.02. The first-order valence-corrected chi connectivity index (χ1v) is 12.2. The van der Waals surface area contributed by atoms with Gasteiger partial charge in [-0.15, -0.1) is 11.3 Å². The van der Waals surface area contributed by atoms with E-state index in [1.165, 1.54) is 4.88 Å². The Bertz CT molecular complexity index is 1130. The number of ether oxygens (including phenoxy) is 1. The highest BCUT2D eigenvalue weighted by atomic mass is 32.1. The lowest BCUT2D eigenvalue weighted by atomic mass is 9.95. The summed E-state index contributed by atoms with van der Waals surface area (Å²) >= 11 is 7.16. The first-order chi connectivity index (χ1) is 15.4. The number of hydrogen-bond donors (Lipinski definition) is 2. The van der Waals surface area contributed by atoms with Crippen LogP contribution in [0, 0.1) is 13.8 Å². The molecular formula is C24H28N4O2S2. The first-order valence-electron chi connectivity index (χ1n) is 10.9. The molecule has 0 atom stereocenters. The summed E-state index contributed by atoms with van der Waals surface area (Å²) in [7, 11) is 0. The zero-order chi connectivity index (χ0) is 22.7. The number of aromatic nitrogens is 2. The quantitative estimate of drug-likeness (QED) is 0.369. The Balaban J connectivity index is 1.44. The topological polar surface area (TPSA) is 68.2 Å². The van der Waals surface area contributed by atoms with Crippen LogP contribution in [0.3, 0.4) is 0 Å². The molecule has 1 aliphatic carbocycles. The molecule has 0 radical (unpaired) electrons. The van der Waals surface area contributed by atoms with E-state index in [1.807, 2.05) is 30.7 Å². The highest BCUT2D eigenvalue weighted by molar-refractivity contribution is 7.80. The standard InChI is InChI=1S/C24H28N4O2S2/c1-4-30-23(29)21-19-7-5-6-8-20(19)32-22(21)26-24(31)25-18-11-9-17(10-12-18)14-28-16(3)13-15(2)27-28/h9-13H,4-8,14H2,1-3H3,(H2,25,26,31). The molecule has 0 amide bonds. The fourth-order valence-electron chi connectivity index (χ4n) is 4.04. The van der Waals surface area contributed by atoms with Crippen molar-refractivity contribution in [3.63, 3.8) is 0 Å². The second kappa shape index (κ2) is 9.83. The summed E-state index contributed by atoms with van der Waals surface area (Å²) in [5, 5.41) is 12.2. The molecule has 1 aromatic carbocycles. The molecule has 32 heavy (non-hydrogen) atoms. The van der Waals surface area contributed by atoms with Gasteiger partial charge in [0.05, 0.1) is 24.4 Å². The second-order valence-electron chi connectivity index (χ2n) is 8.00. The highest BCUT2D eigenvalue weighted by Crippen LogP contribution is 2.38. The van der Waals surface area contributed by atoms with Crippen LogP contribution in [0.5, 0.6) is 0 Å². The summed E-state index contributed by atoms with van der Waals surface area (Å²) in [5.74, 6) is -0.272. The average molecular weight is 469 g/mol. The molecule has 1 aliphatic rings. The Morgan fingerprint density at radius 3 is 2.62 bits per heavy atom. The minimum absolute atomic E-state index is 0.272. The molecule has 3 aromatic rings. The number of aryl methyl sites for hydroxylation is 3. The van der Waals surface area contributed by atoms with Crippen molar-refractivity contribution in [3.05, 3.63) is 63.3 Å². The summed E-state index contributed by atoms with van der Waals surface area (Å²) < 4.78 is 7.32. The van der Waals surface area contributed by atoms with Crippen molar-refractivity contribution >= 4 is 45.3 Å². The Kier molecular flexibility index (Phi) is 6.91. The number of nitrogens with one attached hydrogen (secondary N) is 2. The number of carbonyl (C=O) groups excluding carboxylic acids is 1. The maximum atomic E-state index is 12.6. The Morgan fingerprint density at radius 2 is 1.94 bits per heavy atom. The summed E-state index contributed by atoms with van der Waals surface area (Å²) in [6.07, 6.45) is 4.17. The molecular weight excluding hydrogens is 440 g/mol. The average Bonchev–Trinajstić information content (AvgIpc) is 3.27. The van der Waals surface area contributed by atoms with E-state index in [0.717, 1.165) is 65.4 Å². The molecule has 8 heteroatoms. The summed E-state index contributed by atoms with van der Waals surface area (Å²) in [6, 6.07) is 10.2. The van der Waals surface area contributed by atoms with Crippen LogP contribution in [0.15, 0.2) is 30.3 Å². The number of fused-ring (bicyclic) bond motifs is 1. The number of carbonyl (C=O) groups is 1. The monoisotopic (exact) mass is 468 g/mol. The van der Waals surface area contributed by atoms with Gasteiger partial charge in [-0.3, -0.25) is 4.68 Å². The van der Waals surface area contributed by atoms with Gasteiger partial charge in [0.1, 0.15) is 5.00 Å². The number of benzene rings is 1. The maximum Gasteiger partial charge on any atom is 0.341 e. The molecule has 0 aliphatic heterocycles. The van der Waals surface area contributed by atoms with E-state index in [-0.39, 0.29) is 5.97 Å². The predicted molar refractivity (Wildman–Crippen MR) is 134 cm³/mol. The fourth-order valence-corrected chi connectivity index (χ4v) is 5.61. The molecule has 0 spiro atoms. The van der Waals surface area contributed by atoms with Crippen molar-refractivity contribution in [1.82, 2.24) is 9.78 Å². The van der Waals surface area contributed by atoms with Crippen molar-refractivity contribution < 1.29 is 9.53 Å². The maximum absolute atomic E-state index is 12.6. The van der Waals surface area contributed by atoms with E-state index in [9.17, 15) is 4.79 Å². The van der Waals surface area contributed by atoms with Gasteiger partial charge >= 0.3 is 5.97 Å². The third-order valence-electron chi connectivity index (χ3n) is 5.53. The van der Waals surface area contributed by atoms with Crippen molar-refractivity contribution in [2.75, 3.05) is 17.2 Å². The van der Waals surface area contributed by atoms with Gasteiger partial charge < -0.3 is 15.4 Å².